The zero-order valence-corrected chi connectivity index (χ0v) is 13.3. The number of hydrogen-bond acceptors (Lipinski definition) is 1. The van der Waals surface area contributed by atoms with Gasteiger partial charge in [0.25, 0.3) is 0 Å². The van der Waals surface area contributed by atoms with Crippen molar-refractivity contribution in [3.8, 4) is 0 Å². The Balaban J connectivity index is 2.21. The third kappa shape index (κ3) is 4.55. The molecule has 1 atom stereocenters. The van der Waals surface area contributed by atoms with Gasteiger partial charge in [-0.05, 0) is 61.2 Å². The van der Waals surface area contributed by atoms with Gasteiger partial charge < -0.3 is 5.32 Å². The van der Waals surface area contributed by atoms with Crippen LogP contribution in [0.4, 0.5) is 4.39 Å². The summed E-state index contributed by atoms with van der Waals surface area (Å²) >= 11 is 6.33. The zero-order valence-electron chi connectivity index (χ0n) is 12.5. The number of hydrogen-bond donors (Lipinski definition) is 1. The topological polar surface area (TPSA) is 12.0 Å². The lowest BCUT2D eigenvalue weighted by molar-refractivity contribution is 0.527. The smallest absolute Gasteiger partial charge is 0.123 e. The van der Waals surface area contributed by atoms with E-state index in [-0.39, 0.29) is 11.9 Å². The van der Waals surface area contributed by atoms with Gasteiger partial charge in [0.2, 0.25) is 0 Å². The van der Waals surface area contributed by atoms with E-state index in [4.69, 9.17) is 11.6 Å². The molecule has 1 nitrogen and oxygen atoms in total. The van der Waals surface area contributed by atoms with Crippen LogP contribution in [0.3, 0.4) is 0 Å². The van der Waals surface area contributed by atoms with Crippen LogP contribution in [-0.2, 0) is 6.42 Å². The van der Waals surface area contributed by atoms with E-state index >= 15 is 0 Å². The molecule has 0 bridgehead atoms. The number of rotatable bonds is 6. The normalized spacial score (nSPS) is 12.4. The van der Waals surface area contributed by atoms with Crippen LogP contribution in [0, 0.1) is 12.7 Å². The molecule has 0 saturated heterocycles. The number of halogens is 2. The fourth-order valence-electron chi connectivity index (χ4n) is 2.36. The highest BCUT2D eigenvalue weighted by Gasteiger charge is 2.13. The average Bonchev–Trinajstić information content (AvgIpc) is 2.46. The van der Waals surface area contributed by atoms with E-state index in [1.54, 1.807) is 0 Å². The summed E-state index contributed by atoms with van der Waals surface area (Å²) in [6.07, 6.45) is 1.85. The van der Waals surface area contributed by atoms with E-state index in [1.165, 1.54) is 12.1 Å². The molecule has 0 amide bonds. The van der Waals surface area contributed by atoms with Gasteiger partial charge in [0.1, 0.15) is 5.82 Å². The van der Waals surface area contributed by atoms with Crippen molar-refractivity contribution in [3.63, 3.8) is 0 Å². The van der Waals surface area contributed by atoms with Crippen molar-refractivity contribution < 1.29 is 4.39 Å². The lowest BCUT2D eigenvalue weighted by Crippen LogP contribution is -2.24. The quantitative estimate of drug-likeness (QED) is 0.785. The van der Waals surface area contributed by atoms with Crippen molar-refractivity contribution in [2.45, 2.75) is 32.7 Å². The van der Waals surface area contributed by atoms with Crippen molar-refractivity contribution >= 4 is 11.6 Å². The standard InChI is InChI=1S/C18H21ClFN/c1-3-10-21-18(14-6-8-16(20)9-7-14)12-15-5-4-13(2)11-17(15)19/h4-9,11,18,21H,3,10,12H2,1-2H3. The third-order valence-corrected chi connectivity index (χ3v) is 3.90. The Morgan fingerprint density at radius 2 is 1.86 bits per heavy atom. The molecular formula is C18H21ClFN. The molecule has 0 aromatic heterocycles. The van der Waals surface area contributed by atoms with Crippen LogP contribution in [0.2, 0.25) is 5.02 Å². The van der Waals surface area contributed by atoms with Gasteiger partial charge in [-0.1, -0.05) is 42.8 Å². The summed E-state index contributed by atoms with van der Waals surface area (Å²) in [5.41, 5.74) is 3.35. The van der Waals surface area contributed by atoms with Gasteiger partial charge in [-0.2, -0.15) is 0 Å². The van der Waals surface area contributed by atoms with Crippen LogP contribution in [0.1, 0.15) is 36.1 Å². The first kappa shape index (κ1) is 16.0. The molecule has 2 aromatic carbocycles. The molecule has 0 fully saturated rings. The van der Waals surface area contributed by atoms with Gasteiger partial charge in [0, 0.05) is 11.1 Å². The van der Waals surface area contributed by atoms with Crippen molar-refractivity contribution in [2.75, 3.05) is 6.54 Å². The second-order valence-electron chi connectivity index (χ2n) is 5.36. The molecular weight excluding hydrogens is 285 g/mol. The molecule has 21 heavy (non-hydrogen) atoms. The number of aryl methyl sites for hydroxylation is 1. The van der Waals surface area contributed by atoms with Crippen LogP contribution in [0.5, 0.6) is 0 Å². The molecule has 0 aliphatic carbocycles. The lowest BCUT2D eigenvalue weighted by Gasteiger charge is -2.20. The average molecular weight is 306 g/mol. The van der Waals surface area contributed by atoms with Gasteiger partial charge in [0.05, 0.1) is 0 Å². The van der Waals surface area contributed by atoms with Crippen molar-refractivity contribution in [3.05, 3.63) is 70.0 Å². The minimum absolute atomic E-state index is 0.144. The van der Waals surface area contributed by atoms with Crippen molar-refractivity contribution in [2.24, 2.45) is 0 Å². The molecule has 0 heterocycles. The SMILES string of the molecule is CCCNC(Cc1ccc(C)cc1Cl)c1ccc(F)cc1. The maximum absolute atomic E-state index is 13.1. The molecule has 2 rings (SSSR count). The maximum Gasteiger partial charge on any atom is 0.123 e. The fraction of sp³-hybridized carbons (Fsp3) is 0.333. The second kappa shape index (κ2) is 7.58. The first-order chi connectivity index (χ1) is 10.1. The largest absolute Gasteiger partial charge is 0.310 e. The van der Waals surface area contributed by atoms with E-state index in [9.17, 15) is 4.39 Å². The predicted molar refractivity (Wildman–Crippen MR) is 87.3 cm³/mol. The molecule has 0 radical (unpaired) electrons. The van der Waals surface area contributed by atoms with Crippen LogP contribution in [0.15, 0.2) is 42.5 Å². The highest BCUT2D eigenvalue weighted by molar-refractivity contribution is 6.31. The third-order valence-electron chi connectivity index (χ3n) is 3.55. The molecule has 1 N–H and O–H groups in total. The zero-order chi connectivity index (χ0) is 15.2. The Morgan fingerprint density at radius 3 is 2.48 bits per heavy atom. The first-order valence-electron chi connectivity index (χ1n) is 7.34. The minimum atomic E-state index is -0.207. The number of nitrogens with one attached hydrogen (secondary N) is 1. The fourth-order valence-corrected chi connectivity index (χ4v) is 2.67. The van der Waals surface area contributed by atoms with Gasteiger partial charge in [-0.25, -0.2) is 4.39 Å². The lowest BCUT2D eigenvalue weighted by atomic mass is 9.98. The summed E-state index contributed by atoms with van der Waals surface area (Å²) in [6.45, 7) is 5.08. The van der Waals surface area contributed by atoms with E-state index < -0.39 is 0 Å². The van der Waals surface area contributed by atoms with E-state index in [0.29, 0.717) is 0 Å². The Labute approximate surface area is 131 Å². The molecule has 0 aliphatic heterocycles. The highest BCUT2D eigenvalue weighted by atomic mass is 35.5. The molecule has 112 valence electrons. The second-order valence-corrected chi connectivity index (χ2v) is 5.76. The maximum atomic E-state index is 13.1. The molecule has 2 aromatic rings. The Kier molecular flexibility index (Phi) is 5.77. The van der Waals surface area contributed by atoms with Gasteiger partial charge in [-0.15, -0.1) is 0 Å². The van der Waals surface area contributed by atoms with E-state index in [0.717, 1.165) is 41.1 Å². The van der Waals surface area contributed by atoms with Gasteiger partial charge in [0.15, 0.2) is 0 Å². The first-order valence-corrected chi connectivity index (χ1v) is 7.72. The van der Waals surface area contributed by atoms with E-state index in [1.807, 2.05) is 25.1 Å². The summed E-state index contributed by atoms with van der Waals surface area (Å²) in [7, 11) is 0. The minimum Gasteiger partial charge on any atom is -0.310 e. The Morgan fingerprint density at radius 1 is 1.14 bits per heavy atom. The van der Waals surface area contributed by atoms with Crippen LogP contribution in [-0.4, -0.2) is 6.54 Å². The van der Waals surface area contributed by atoms with Crippen LogP contribution < -0.4 is 5.32 Å². The van der Waals surface area contributed by atoms with Gasteiger partial charge in [-0.3, -0.25) is 0 Å². The Bertz CT molecular complexity index is 580. The van der Waals surface area contributed by atoms with Gasteiger partial charge >= 0.3 is 0 Å². The Hall–Kier alpha value is -1.38. The summed E-state index contributed by atoms with van der Waals surface area (Å²) in [5.74, 6) is -0.207. The highest BCUT2D eigenvalue weighted by Crippen LogP contribution is 2.25. The molecule has 0 saturated carbocycles. The van der Waals surface area contributed by atoms with Crippen molar-refractivity contribution in [1.82, 2.24) is 5.32 Å². The monoisotopic (exact) mass is 305 g/mol. The summed E-state index contributed by atoms with van der Waals surface area (Å²) in [5, 5.41) is 4.31. The number of benzene rings is 2. The molecule has 3 heteroatoms. The molecule has 0 spiro atoms. The van der Waals surface area contributed by atoms with Crippen LogP contribution in [0.25, 0.3) is 0 Å². The summed E-state index contributed by atoms with van der Waals surface area (Å²) < 4.78 is 13.1. The molecule has 1 unspecified atom stereocenters. The molecule has 0 aliphatic rings. The summed E-state index contributed by atoms with van der Waals surface area (Å²) in [4.78, 5) is 0. The van der Waals surface area contributed by atoms with Crippen LogP contribution >= 0.6 is 11.6 Å². The predicted octanol–water partition coefficient (Wildman–Crippen LogP) is 5.07. The van der Waals surface area contributed by atoms with Crippen molar-refractivity contribution in [1.29, 1.82) is 0 Å². The van der Waals surface area contributed by atoms with E-state index in [2.05, 4.69) is 24.4 Å². The summed E-state index contributed by atoms with van der Waals surface area (Å²) in [6, 6.07) is 13.0.